The van der Waals surface area contributed by atoms with Crippen LogP contribution in [0.5, 0.6) is 11.5 Å². The lowest BCUT2D eigenvalue weighted by atomic mass is 9.80. The van der Waals surface area contributed by atoms with Crippen LogP contribution in [-0.2, 0) is 24.1 Å². The molecule has 1 saturated heterocycles. The Balaban J connectivity index is 1.36. The summed E-state index contributed by atoms with van der Waals surface area (Å²) in [6.07, 6.45) is -0.0846. The predicted octanol–water partition coefficient (Wildman–Crippen LogP) is 9.56. The van der Waals surface area contributed by atoms with Crippen LogP contribution in [0.3, 0.4) is 0 Å². The number of nitriles is 1. The second kappa shape index (κ2) is 20.8. The van der Waals surface area contributed by atoms with Gasteiger partial charge in [0.25, 0.3) is 14.4 Å². The van der Waals surface area contributed by atoms with E-state index in [1.807, 2.05) is 117 Å². The number of carbonyl (C=O) groups is 1. The van der Waals surface area contributed by atoms with Crippen LogP contribution in [-0.4, -0.2) is 87.5 Å². The lowest BCUT2D eigenvalue weighted by Gasteiger charge is -2.40. The summed E-state index contributed by atoms with van der Waals surface area (Å²) in [6, 6.07) is 35.5. The van der Waals surface area contributed by atoms with Crippen molar-refractivity contribution in [3.8, 4) is 17.6 Å². The number of carbonyl (C=O) groups excluding carboxylic acids is 1. The van der Waals surface area contributed by atoms with Gasteiger partial charge in [0.2, 0.25) is 5.67 Å². The number of methoxy groups -OCH3 is 2. The average molecular weight is 902 g/mol. The Morgan fingerprint density at radius 2 is 1.51 bits per heavy atom. The highest BCUT2D eigenvalue weighted by Gasteiger charge is 2.60. The van der Waals surface area contributed by atoms with Gasteiger partial charge >= 0.3 is 0 Å². The maximum absolute atomic E-state index is 18.7. The third-order valence-corrected chi connectivity index (χ3v) is 13.3. The van der Waals surface area contributed by atoms with Crippen LogP contribution in [0.1, 0.15) is 67.4 Å². The van der Waals surface area contributed by atoms with Crippen molar-refractivity contribution in [1.29, 1.82) is 5.26 Å². The van der Waals surface area contributed by atoms with E-state index in [-0.39, 0.29) is 48.7 Å². The van der Waals surface area contributed by atoms with Crippen LogP contribution < -0.4 is 14.8 Å². The van der Waals surface area contributed by atoms with Gasteiger partial charge in [-0.05, 0) is 86.9 Å². The maximum atomic E-state index is 18.7. The van der Waals surface area contributed by atoms with Gasteiger partial charge in [0.1, 0.15) is 35.6 Å². The van der Waals surface area contributed by atoms with E-state index in [4.69, 9.17) is 28.0 Å². The molecule has 16 heteroatoms. The number of alkyl halides is 1. The van der Waals surface area contributed by atoms with Gasteiger partial charge in [0, 0.05) is 17.6 Å². The smallest absolute Gasteiger partial charge is 0.259 e. The molecule has 5 atom stereocenters. The summed E-state index contributed by atoms with van der Waals surface area (Å²) in [6.45, 7) is 11.8. The maximum Gasteiger partial charge on any atom is 0.259 e. The largest absolute Gasteiger partial charge is 0.497 e. The average Bonchev–Trinajstić information content (AvgIpc) is 3.88. The number of hydrogen-bond acceptors (Lipinski definition) is 12. The van der Waals surface area contributed by atoms with Gasteiger partial charge in [0.05, 0.1) is 46.3 Å². The molecule has 6 aromatic rings. The first-order valence-corrected chi connectivity index (χ1v) is 22.4. The zero-order valence-corrected chi connectivity index (χ0v) is 38.1. The number of benzene rings is 4. The standard InChI is InChI=1S/C49H53FN7O7P/c1-8-48(50)43(64-65(62-29-15-28-51)57(33(2)3)34(4)5)41(63-47(48)56-32-54-42-44(52-31-53-45(42)56)55-46(58)35-16-11-9-12-17-35)30-61-49(36-18-13-10-14-19-36,37-20-24-39(59-6)25-21-37)38-22-26-40(60-7)27-23-38/h8-14,16-27,31-34,41,43,47H,1,15,29-30H2,2-7H3,(H,52,53,55,58)/t41-,43-,47-,48-,65?/m1/s1. The van der Waals surface area contributed by atoms with Crippen LogP contribution in [0.4, 0.5) is 10.2 Å². The van der Waals surface area contributed by atoms with Crippen molar-refractivity contribution in [2.75, 3.05) is 32.8 Å². The summed E-state index contributed by atoms with van der Waals surface area (Å²) < 4.78 is 60.7. The Hall–Kier alpha value is -6.11. The van der Waals surface area contributed by atoms with Crippen LogP contribution in [0.15, 0.2) is 135 Å². The van der Waals surface area contributed by atoms with Gasteiger partial charge in [0.15, 0.2) is 23.2 Å². The van der Waals surface area contributed by atoms with E-state index < -0.39 is 44.1 Å². The molecule has 65 heavy (non-hydrogen) atoms. The van der Waals surface area contributed by atoms with Crippen molar-refractivity contribution in [2.24, 2.45) is 0 Å². The molecule has 1 fully saturated rings. The van der Waals surface area contributed by atoms with Crippen molar-refractivity contribution in [3.05, 3.63) is 157 Å². The molecule has 2 aromatic heterocycles. The van der Waals surface area contributed by atoms with E-state index in [1.54, 1.807) is 38.5 Å². The minimum atomic E-state index is -2.48. The summed E-state index contributed by atoms with van der Waals surface area (Å²) in [5.74, 6) is 1.02. The topological polar surface area (TPSA) is 155 Å². The van der Waals surface area contributed by atoms with E-state index >= 15 is 4.39 Å². The molecule has 0 spiro atoms. The number of imidazole rings is 1. The minimum absolute atomic E-state index is 0.0519. The second-order valence-corrected chi connectivity index (χ2v) is 17.2. The zero-order chi connectivity index (χ0) is 46.1. The molecular weight excluding hydrogens is 849 g/mol. The molecule has 1 unspecified atom stereocenters. The number of rotatable bonds is 20. The van der Waals surface area contributed by atoms with Gasteiger partial charge in [-0.2, -0.15) is 5.26 Å². The Morgan fingerprint density at radius 1 is 0.923 bits per heavy atom. The van der Waals surface area contributed by atoms with Crippen molar-refractivity contribution < 1.29 is 37.2 Å². The molecule has 1 N–H and O–H groups in total. The lowest BCUT2D eigenvalue weighted by Crippen LogP contribution is -2.46. The molecule has 14 nitrogen and oxygen atoms in total. The third-order valence-electron chi connectivity index (χ3n) is 11.2. The molecular formula is C49H53FN7O7P. The summed E-state index contributed by atoms with van der Waals surface area (Å²) in [5.41, 5.74) is -0.668. The normalized spacial score (nSPS) is 19.1. The number of aromatic nitrogens is 4. The molecule has 0 radical (unpaired) electrons. The third kappa shape index (κ3) is 9.65. The quantitative estimate of drug-likeness (QED) is 0.0336. The number of hydrogen-bond donors (Lipinski definition) is 1. The number of anilines is 1. The minimum Gasteiger partial charge on any atom is -0.497 e. The first kappa shape index (κ1) is 46.9. The fourth-order valence-electron chi connectivity index (χ4n) is 8.09. The lowest BCUT2D eigenvalue weighted by molar-refractivity contribution is -0.0930. The number of nitrogens with zero attached hydrogens (tertiary/aromatic N) is 6. The summed E-state index contributed by atoms with van der Waals surface area (Å²) >= 11 is 0. The van der Waals surface area contributed by atoms with Crippen LogP contribution >= 0.6 is 8.53 Å². The molecule has 4 aromatic carbocycles. The molecule has 1 amide bonds. The first-order chi connectivity index (χ1) is 31.5. The van der Waals surface area contributed by atoms with E-state index in [2.05, 4.69) is 32.9 Å². The second-order valence-electron chi connectivity index (χ2n) is 15.8. The number of amides is 1. The number of ether oxygens (including phenoxy) is 4. The van der Waals surface area contributed by atoms with Gasteiger partial charge in [-0.1, -0.05) is 79.4 Å². The molecule has 7 rings (SSSR count). The van der Waals surface area contributed by atoms with Gasteiger partial charge < -0.3 is 33.3 Å². The van der Waals surface area contributed by atoms with Gasteiger partial charge in [-0.25, -0.2) is 24.0 Å². The van der Waals surface area contributed by atoms with Crippen LogP contribution in [0.2, 0.25) is 0 Å². The number of halogens is 1. The Bertz CT molecular complexity index is 2500. The summed E-state index contributed by atoms with van der Waals surface area (Å²) in [7, 11) is 1.19. The monoisotopic (exact) mass is 901 g/mol. The van der Waals surface area contributed by atoms with E-state index in [1.165, 1.54) is 23.3 Å². The van der Waals surface area contributed by atoms with E-state index in [9.17, 15) is 10.1 Å². The van der Waals surface area contributed by atoms with Crippen LogP contribution in [0, 0.1) is 11.3 Å². The van der Waals surface area contributed by atoms with Crippen molar-refractivity contribution in [2.45, 2.75) is 75.9 Å². The Kier molecular flexibility index (Phi) is 15.0. The fourth-order valence-corrected chi connectivity index (χ4v) is 9.89. The SMILES string of the molecule is C=C[C@@]1(F)[C@H](OP(OCCC#N)N(C(C)C)C(C)C)[C@@H](COC(c2ccccc2)(c2ccc(OC)cc2)c2ccc(OC)cc2)O[C@H]1n1cnc2c(NC(=O)c3ccccc3)ncnc21. The van der Waals surface area contributed by atoms with E-state index in [0.29, 0.717) is 17.1 Å². The zero-order valence-electron chi connectivity index (χ0n) is 37.2. The summed E-state index contributed by atoms with van der Waals surface area (Å²) in [4.78, 5) is 26.6. The molecule has 338 valence electrons. The highest BCUT2D eigenvalue weighted by atomic mass is 31.2. The molecule has 0 saturated carbocycles. The first-order valence-electron chi connectivity index (χ1n) is 21.2. The Labute approximate surface area is 379 Å². The Morgan fingerprint density at radius 3 is 2.06 bits per heavy atom. The highest BCUT2D eigenvalue weighted by Crippen LogP contribution is 2.55. The molecule has 1 aliphatic rings. The van der Waals surface area contributed by atoms with Crippen molar-refractivity contribution in [3.63, 3.8) is 0 Å². The van der Waals surface area contributed by atoms with Crippen molar-refractivity contribution in [1.82, 2.24) is 24.2 Å². The summed E-state index contributed by atoms with van der Waals surface area (Å²) in [5, 5.41) is 12.3. The fraction of sp³-hybridized carbons (Fsp3) is 0.327. The molecule has 0 bridgehead atoms. The molecule has 3 heterocycles. The number of nitrogens with one attached hydrogen (secondary N) is 1. The van der Waals surface area contributed by atoms with E-state index in [0.717, 1.165) is 16.7 Å². The molecule has 1 aliphatic heterocycles. The molecule has 0 aliphatic carbocycles. The number of fused-ring (bicyclic) bond motifs is 1. The highest BCUT2D eigenvalue weighted by molar-refractivity contribution is 7.44. The predicted molar refractivity (Wildman–Crippen MR) is 246 cm³/mol. The van der Waals surface area contributed by atoms with Gasteiger partial charge in [-0.15, -0.1) is 0 Å². The van der Waals surface area contributed by atoms with Crippen LogP contribution in [0.25, 0.3) is 11.2 Å². The van der Waals surface area contributed by atoms with Crippen molar-refractivity contribution >= 4 is 31.4 Å². The van der Waals surface area contributed by atoms with Gasteiger partial charge in [-0.3, -0.25) is 9.36 Å².